The quantitative estimate of drug-likeness (QED) is 0.725. The molecule has 3 aromatic rings. The summed E-state index contributed by atoms with van der Waals surface area (Å²) in [7, 11) is 0. The van der Waals surface area contributed by atoms with Gasteiger partial charge in [-0.1, -0.05) is 17.7 Å². The van der Waals surface area contributed by atoms with Crippen molar-refractivity contribution in [3.8, 4) is 16.5 Å². The predicted octanol–water partition coefficient (Wildman–Crippen LogP) is 4.66. The van der Waals surface area contributed by atoms with Gasteiger partial charge in [0.25, 0.3) is 0 Å². The van der Waals surface area contributed by atoms with Gasteiger partial charge in [-0.2, -0.15) is 5.26 Å². The molecule has 1 N–H and O–H groups in total. The van der Waals surface area contributed by atoms with E-state index in [4.69, 9.17) is 11.6 Å². The number of anilines is 1. The van der Waals surface area contributed by atoms with E-state index in [0.29, 0.717) is 16.1 Å². The average Bonchev–Trinajstić information content (AvgIpc) is 3.01. The number of carbonyl (C=O) groups is 1. The molecule has 4 nitrogen and oxygen atoms in total. The Bertz CT molecular complexity index is 966. The normalized spacial score (nSPS) is 10.3. The minimum atomic E-state index is -0.530. The lowest BCUT2D eigenvalue weighted by Crippen LogP contribution is -2.14. The molecule has 1 aromatic carbocycles. The van der Waals surface area contributed by atoms with Gasteiger partial charge in [0.2, 0.25) is 5.91 Å². The van der Waals surface area contributed by atoms with E-state index in [2.05, 4.69) is 16.4 Å². The number of nitrogens with zero attached hydrogens (tertiary/aromatic N) is 2. The van der Waals surface area contributed by atoms with Crippen LogP contribution in [0.1, 0.15) is 11.1 Å². The van der Waals surface area contributed by atoms with Crippen molar-refractivity contribution in [1.82, 2.24) is 4.98 Å². The van der Waals surface area contributed by atoms with Crippen LogP contribution in [-0.2, 0) is 11.2 Å². The van der Waals surface area contributed by atoms with Crippen LogP contribution in [0.25, 0.3) is 10.4 Å². The fraction of sp³-hybridized carbons (Fsp3) is 0.0556. The van der Waals surface area contributed by atoms with E-state index in [1.54, 1.807) is 18.5 Å². The van der Waals surface area contributed by atoms with E-state index >= 15 is 0 Å². The zero-order valence-corrected chi connectivity index (χ0v) is 14.4. The number of carbonyl (C=O) groups excluding carboxylic acids is 1. The summed E-state index contributed by atoms with van der Waals surface area (Å²) < 4.78 is 13.2. The second-order valence-electron chi connectivity index (χ2n) is 5.17. The molecule has 0 spiro atoms. The number of nitriles is 1. The first-order valence-corrected chi connectivity index (χ1v) is 8.44. The summed E-state index contributed by atoms with van der Waals surface area (Å²) in [5, 5.41) is 12.5. The molecule has 2 aromatic heterocycles. The molecule has 25 heavy (non-hydrogen) atoms. The van der Waals surface area contributed by atoms with Crippen molar-refractivity contribution in [2.45, 2.75) is 6.42 Å². The predicted molar refractivity (Wildman–Crippen MR) is 96.0 cm³/mol. The number of nitrogens with one attached hydrogen (secondary N) is 1. The molecule has 0 aliphatic carbocycles. The standard InChI is InChI=1S/C18H11ClFN3OS/c19-14-7-11(1-2-15(14)20)8-17(24)23-18-13(10-21)9-16(25-18)12-3-5-22-6-4-12/h1-7,9H,8H2,(H,23,24). The third-order valence-electron chi connectivity index (χ3n) is 3.42. The fourth-order valence-corrected chi connectivity index (χ4v) is 3.46. The van der Waals surface area contributed by atoms with Gasteiger partial charge in [-0.25, -0.2) is 4.39 Å². The van der Waals surface area contributed by atoms with Crippen LogP contribution >= 0.6 is 22.9 Å². The Morgan fingerprint density at radius 3 is 2.72 bits per heavy atom. The van der Waals surface area contributed by atoms with Crippen LogP contribution in [0.3, 0.4) is 0 Å². The minimum absolute atomic E-state index is 0.0286. The molecule has 0 atom stereocenters. The number of amides is 1. The largest absolute Gasteiger partial charge is 0.316 e. The Balaban J connectivity index is 1.78. The molecule has 0 aliphatic rings. The van der Waals surface area contributed by atoms with Crippen LogP contribution in [0.4, 0.5) is 9.39 Å². The van der Waals surface area contributed by atoms with Gasteiger partial charge in [0.15, 0.2) is 0 Å². The van der Waals surface area contributed by atoms with Crippen molar-refractivity contribution in [2.75, 3.05) is 5.32 Å². The highest BCUT2D eigenvalue weighted by molar-refractivity contribution is 7.19. The van der Waals surface area contributed by atoms with Crippen LogP contribution in [0.5, 0.6) is 0 Å². The van der Waals surface area contributed by atoms with Crippen molar-refractivity contribution < 1.29 is 9.18 Å². The SMILES string of the molecule is N#Cc1cc(-c2ccncc2)sc1NC(=O)Cc1ccc(F)c(Cl)c1. The lowest BCUT2D eigenvalue weighted by atomic mass is 10.1. The first kappa shape index (κ1) is 17.1. The van der Waals surface area contributed by atoms with Crippen molar-refractivity contribution >= 4 is 33.8 Å². The molecule has 1 amide bonds. The second-order valence-corrected chi connectivity index (χ2v) is 6.63. The Hall–Kier alpha value is -2.75. The molecular formula is C18H11ClFN3OS. The molecule has 0 bridgehead atoms. The molecule has 124 valence electrons. The maximum absolute atomic E-state index is 13.2. The highest BCUT2D eigenvalue weighted by Crippen LogP contribution is 2.34. The second kappa shape index (κ2) is 7.43. The summed E-state index contributed by atoms with van der Waals surface area (Å²) in [5.41, 5.74) is 1.90. The van der Waals surface area contributed by atoms with E-state index < -0.39 is 5.82 Å². The lowest BCUT2D eigenvalue weighted by molar-refractivity contribution is -0.115. The van der Waals surface area contributed by atoms with Crippen molar-refractivity contribution in [3.63, 3.8) is 0 Å². The van der Waals surface area contributed by atoms with Gasteiger partial charge in [-0.15, -0.1) is 11.3 Å². The van der Waals surface area contributed by atoms with Gasteiger partial charge in [0.1, 0.15) is 16.9 Å². The summed E-state index contributed by atoms with van der Waals surface area (Å²) in [6.45, 7) is 0. The molecular weight excluding hydrogens is 361 g/mol. The molecule has 3 rings (SSSR count). The number of thiophene rings is 1. The van der Waals surface area contributed by atoms with Gasteiger partial charge in [0, 0.05) is 17.3 Å². The molecule has 0 saturated carbocycles. The van der Waals surface area contributed by atoms with Gasteiger partial charge in [0.05, 0.1) is 17.0 Å². The monoisotopic (exact) mass is 371 g/mol. The number of hydrogen-bond acceptors (Lipinski definition) is 4. The molecule has 0 saturated heterocycles. The van der Waals surface area contributed by atoms with Crippen LogP contribution in [0.2, 0.25) is 5.02 Å². The van der Waals surface area contributed by atoms with Gasteiger partial charge in [-0.05, 0) is 41.5 Å². The minimum Gasteiger partial charge on any atom is -0.316 e. The third-order valence-corrected chi connectivity index (χ3v) is 4.81. The molecule has 7 heteroatoms. The number of rotatable bonds is 4. The van der Waals surface area contributed by atoms with Crippen molar-refractivity contribution in [2.24, 2.45) is 0 Å². The highest BCUT2D eigenvalue weighted by atomic mass is 35.5. The van der Waals surface area contributed by atoms with E-state index in [1.165, 1.54) is 29.5 Å². The van der Waals surface area contributed by atoms with E-state index in [1.807, 2.05) is 12.1 Å². The number of pyridine rings is 1. The Labute approximate surface area is 152 Å². The maximum Gasteiger partial charge on any atom is 0.229 e. The van der Waals surface area contributed by atoms with Crippen LogP contribution < -0.4 is 5.32 Å². The molecule has 0 fully saturated rings. The van der Waals surface area contributed by atoms with Gasteiger partial charge in [-0.3, -0.25) is 9.78 Å². The van der Waals surface area contributed by atoms with E-state index in [9.17, 15) is 14.4 Å². The summed E-state index contributed by atoms with van der Waals surface area (Å²) >= 11 is 7.04. The van der Waals surface area contributed by atoms with E-state index in [0.717, 1.165) is 10.4 Å². The fourth-order valence-electron chi connectivity index (χ4n) is 2.23. The van der Waals surface area contributed by atoms with E-state index in [-0.39, 0.29) is 17.4 Å². The smallest absolute Gasteiger partial charge is 0.229 e. The van der Waals surface area contributed by atoms with Gasteiger partial charge >= 0.3 is 0 Å². The van der Waals surface area contributed by atoms with Crippen LogP contribution in [0.15, 0.2) is 48.8 Å². The summed E-state index contributed by atoms with van der Waals surface area (Å²) in [6.07, 6.45) is 3.36. The Morgan fingerprint density at radius 1 is 1.28 bits per heavy atom. The maximum atomic E-state index is 13.2. The zero-order valence-electron chi connectivity index (χ0n) is 12.8. The lowest BCUT2D eigenvalue weighted by Gasteiger charge is -2.04. The molecule has 0 aliphatic heterocycles. The van der Waals surface area contributed by atoms with Gasteiger partial charge < -0.3 is 5.32 Å². The first-order chi connectivity index (χ1) is 12.1. The van der Waals surface area contributed by atoms with Crippen molar-refractivity contribution in [3.05, 3.63) is 70.8 Å². The topological polar surface area (TPSA) is 65.8 Å². The Kier molecular flexibility index (Phi) is 5.08. The summed E-state index contributed by atoms with van der Waals surface area (Å²) in [5.74, 6) is -0.833. The van der Waals surface area contributed by atoms with Crippen LogP contribution in [-0.4, -0.2) is 10.9 Å². The number of hydrogen-bond donors (Lipinski definition) is 1. The molecule has 2 heterocycles. The molecule has 0 radical (unpaired) electrons. The molecule has 0 unspecified atom stereocenters. The van der Waals surface area contributed by atoms with Crippen LogP contribution in [0, 0.1) is 17.1 Å². The number of benzene rings is 1. The zero-order chi connectivity index (χ0) is 17.8. The highest BCUT2D eigenvalue weighted by Gasteiger charge is 2.14. The average molecular weight is 372 g/mol. The third kappa shape index (κ3) is 4.02. The van der Waals surface area contributed by atoms with Crippen molar-refractivity contribution in [1.29, 1.82) is 5.26 Å². The number of aromatic nitrogens is 1. The number of halogens is 2. The Morgan fingerprint density at radius 2 is 2.04 bits per heavy atom. The summed E-state index contributed by atoms with van der Waals surface area (Å²) in [6, 6.07) is 11.6. The first-order valence-electron chi connectivity index (χ1n) is 7.25. The summed E-state index contributed by atoms with van der Waals surface area (Å²) in [4.78, 5) is 17.1.